The quantitative estimate of drug-likeness (QED) is 0.101. The molecule has 2 fully saturated rings. The molecule has 7 aromatic rings. The standard InChI is InChI=1S/C64H69O6P/c1-40(2)52-34-46(48-26-17-19-30-58(48)67-9)35-53(41(3)4)60(52)50-28-21-29-51(61-54(42(5)6)36-47(37-55(61)43(7)8)49-27-18-20-31-59(49)68-10)62(50)64(71(65)66)56(44-22-13-11-14-23-44)38-63(69-32-33-70-63)39-57(64)45-24-15-12-16-25-45/h11-31,34-37,40-43,56-57H,32-33,38-39H2,1-10H3. The molecule has 0 radical (unpaired) electrons. The van der Waals surface area contributed by atoms with E-state index in [0.717, 1.165) is 95.0 Å². The summed E-state index contributed by atoms with van der Waals surface area (Å²) in [7, 11) is 0.160. The summed E-state index contributed by atoms with van der Waals surface area (Å²) in [6.07, 6.45) is 0.720. The first-order chi connectivity index (χ1) is 34.2. The van der Waals surface area contributed by atoms with Crippen LogP contribution in [-0.4, -0.2) is 33.2 Å². The highest BCUT2D eigenvalue weighted by Gasteiger charge is 2.63. The molecular formula is C64H69O6P. The van der Waals surface area contributed by atoms with Crippen molar-refractivity contribution in [1.82, 2.24) is 0 Å². The summed E-state index contributed by atoms with van der Waals surface area (Å²) in [6.45, 7) is 18.9. The van der Waals surface area contributed by atoms with Crippen molar-refractivity contribution in [3.05, 3.63) is 191 Å². The predicted octanol–water partition coefficient (Wildman–Crippen LogP) is 17.3. The minimum atomic E-state index is -3.29. The van der Waals surface area contributed by atoms with Crippen LogP contribution in [0.4, 0.5) is 0 Å². The van der Waals surface area contributed by atoms with Gasteiger partial charge in [0.25, 0.3) is 0 Å². The van der Waals surface area contributed by atoms with Crippen molar-refractivity contribution in [3.8, 4) is 56.0 Å². The summed E-state index contributed by atoms with van der Waals surface area (Å²) in [6, 6.07) is 52.9. The van der Waals surface area contributed by atoms with Gasteiger partial charge in [0.15, 0.2) is 5.79 Å². The number of ether oxygens (including phenoxy) is 4. The largest absolute Gasteiger partial charge is 0.496 e. The summed E-state index contributed by atoms with van der Waals surface area (Å²) < 4.78 is 57.5. The van der Waals surface area contributed by atoms with Crippen LogP contribution < -0.4 is 9.47 Å². The second kappa shape index (κ2) is 20.6. The molecule has 0 bridgehead atoms. The molecular weight excluding hydrogens is 896 g/mol. The molecule has 1 aliphatic heterocycles. The van der Waals surface area contributed by atoms with Gasteiger partial charge in [0, 0.05) is 35.8 Å². The molecule has 0 aromatic heterocycles. The first kappa shape index (κ1) is 49.9. The lowest BCUT2D eigenvalue weighted by Gasteiger charge is -2.52. The molecule has 0 amide bonds. The second-order valence-corrected chi connectivity index (χ2v) is 22.1. The normalized spacial score (nSPS) is 18.7. The smallest absolute Gasteiger partial charge is 0.327 e. The maximum absolute atomic E-state index is 16.0. The van der Waals surface area contributed by atoms with E-state index in [1.807, 2.05) is 60.7 Å². The van der Waals surface area contributed by atoms with Gasteiger partial charge in [-0.15, -0.1) is 0 Å². The summed E-state index contributed by atoms with van der Waals surface area (Å²) in [5.41, 5.74) is 15.5. The summed E-state index contributed by atoms with van der Waals surface area (Å²) in [4.78, 5) is 0. The topological polar surface area (TPSA) is 71.1 Å². The Morgan fingerprint density at radius 1 is 0.465 bits per heavy atom. The first-order valence-corrected chi connectivity index (χ1v) is 26.7. The average Bonchev–Trinajstić information content (AvgIpc) is 3.84. The van der Waals surface area contributed by atoms with Gasteiger partial charge in [-0.25, -0.2) is 9.13 Å². The zero-order valence-electron chi connectivity index (χ0n) is 43.1. The third-order valence-electron chi connectivity index (χ3n) is 15.3. The Morgan fingerprint density at radius 3 is 1.14 bits per heavy atom. The van der Waals surface area contributed by atoms with Crippen molar-refractivity contribution >= 4 is 7.68 Å². The number of methoxy groups -OCH3 is 2. The molecule has 2 unspecified atom stereocenters. The van der Waals surface area contributed by atoms with Gasteiger partial charge in [-0.1, -0.05) is 195 Å². The molecule has 7 heteroatoms. The third-order valence-corrected chi connectivity index (χ3v) is 16.8. The highest BCUT2D eigenvalue weighted by Crippen LogP contribution is 2.70. The SMILES string of the molecule is COc1ccccc1-c1cc(C(C)C)c(-c2cccc(-c3c(C(C)C)cc(-c4ccccc4OC)cc3C(C)C)c2C2(P(=O)=O)C(c3ccccc3)CC3(CC2c2ccccc2)OCCO3)c(C(C)C)c1. The van der Waals surface area contributed by atoms with Gasteiger partial charge in [-0.05, 0) is 108 Å². The van der Waals surface area contributed by atoms with Crippen molar-refractivity contribution in [2.75, 3.05) is 27.4 Å². The molecule has 1 heterocycles. The van der Waals surface area contributed by atoms with Crippen LogP contribution in [0.25, 0.3) is 44.5 Å². The zero-order valence-corrected chi connectivity index (χ0v) is 44.0. The lowest BCUT2D eigenvalue weighted by atomic mass is 9.59. The lowest BCUT2D eigenvalue weighted by molar-refractivity contribution is -0.190. The Morgan fingerprint density at radius 2 is 0.803 bits per heavy atom. The van der Waals surface area contributed by atoms with E-state index in [1.165, 1.54) is 0 Å². The second-order valence-electron chi connectivity index (χ2n) is 20.8. The molecule has 366 valence electrons. The molecule has 1 saturated heterocycles. The fraction of sp³-hybridized carbons (Fsp3) is 0.344. The molecule has 1 aliphatic carbocycles. The van der Waals surface area contributed by atoms with Crippen LogP contribution in [-0.2, 0) is 23.8 Å². The zero-order chi connectivity index (χ0) is 50.2. The number of para-hydroxylation sites is 2. The molecule has 0 N–H and O–H groups in total. The number of benzene rings is 7. The van der Waals surface area contributed by atoms with Gasteiger partial charge in [-0.3, -0.25) is 0 Å². The average molecular weight is 965 g/mol. The van der Waals surface area contributed by atoms with Crippen molar-refractivity contribution < 1.29 is 28.1 Å². The van der Waals surface area contributed by atoms with Crippen LogP contribution in [0.3, 0.4) is 0 Å². The van der Waals surface area contributed by atoms with Crippen LogP contribution in [0, 0.1) is 0 Å². The third kappa shape index (κ3) is 9.02. The first-order valence-electron chi connectivity index (χ1n) is 25.5. The van der Waals surface area contributed by atoms with E-state index in [0.29, 0.717) is 26.1 Å². The van der Waals surface area contributed by atoms with E-state index in [9.17, 15) is 0 Å². The molecule has 6 nitrogen and oxygen atoms in total. The molecule has 9 rings (SSSR count). The number of rotatable bonds is 14. The Labute approximate surface area is 422 Å². The van der Waals surface area contributed by atoms with Gasteiger partial charge in [-0.2, -0.15) is 0 Å². The van der Waals surface area contributed by atoms with Crippen LogP contribution in [0.15, 0.2) is 152 Å². The summed E-state index contributed by atoms with van der Waals surface area (Å²) in [5.74, 6) is -0.303. The highest BCUT2D eigenvalue weighted by molar-refractivity contribution is 7.32. The van der Waals surface area contributed by atoms with E-state index in [2.05, 4.69) is 146 Å². The van der Waals surface area contributed by atoms with Crippen molar-refractivity contribution in [1.29, 1.82) is 0 Å². The highest BCUT2D eigenvalue weighted by atomic mass is 31.1. The van der Waals surface area contributed by atoms with Gasteiger partial charge < -0.3 is 18.9 Å². The minimum absolute atomic E-state index is 0.0629. The maximum atomic E-state index is 16.0. The predicted molar refractivity (Wildman–Crippen MR) is 290 cm³/mol. The monoisotopic (exact) mass is 964 g/mol. The molecule has 7 aromatic carbocycles. The number of hydrogen-bond acceptors (Lipinski definition) is 6. The van der Waals surface area contributed by atoms with Crippen molar-refractivity contribution in [3.63, 3.8) is 0 Å². The Balaban J connectivity index is 1.51. The van der Waals surface area contributed by atoms with Gasteiger partial charge >= 0.3 is 7.68 Å². The van der Waals surface area contributed by atoms with Crippen molar-refractivity contribution in [2.45, 2.75) is 115 Å². The van der Waals surface area contributed by atoms with Crippen molar-refractivity contribution in [2.24, 2.45) is 0 Å². The van der Waals surface area contributed by atoms with Crippen LogP contribution in [0.5, 0.6) is 11.5 Å². The fourth-order valence-corrected chi connectivity index (χ4v) is 13.5. The van der Waals surface area contributed by atoms with Gasteiger partial charge in [0.2, 0.25) is 0 Å². The number of hydrogen-bond donors (Lipinski definition) is 0. The summed E-state index contributed by atoms with van der Waals surface area (Å²) >= 11 is 0. The van der Waals surface area contributed by atoms with Gasteiger partial charge in [0.1, 0.15) is 16.7 Å². The van der Waals surface area contributed by atoms with E-state index >= 15 is 9.13 Å². The van der Waals surface area contributed by atoms with E-state index in [4.69, 9.17) is 18.9 Å². The lowest BCUT2D eigenvalue weighted by Crippen LogP contribution is -2.50. The Bertz CT molecular complexity index is 2840. The van der Waals surface area contributed by atoms with Crippen LogP contribution in [0.1, 0.15) is 143 Å². The van der Waals surface area contributed by atoms with Gasteiger partial charge in [0.05, 0.1) is 27.4 Å². The van der Waals surface area contributed by atoms with Crippen LogP contribution >= 0.6 is 7.68 Å². The summed E-state index contributed by atoms with van der Waals surface area (Å²) in [5, 5.41) is -1.53. The maximum Gasteiger partial charge on any atom is 0.327 e. The van der Waals surface area contributed by atoms with E-state index in [-0.39, 0.29) is 23.7 Å². The van der Waals surface area contributed by atoms with Crippen LogP contribution in [0.2, 0.25) is 0 Å². The van der Waals surface area contributed by atoms with E-state index < -0.39 is 30.5 Å². The van der Waals surface area contributed by atoms with E-state index in [1.54, 1.807) is 14.2 Å². The minimum Gasteiger partial charge on any atom is -0.496 e. The molecule has 1 spiro atoms. The Hall–Kier alpha value is -6.04. The molecule has 1 saturated carbocycles. The molecule has 71 heavy (non-hydrogen) atoms. The molecule has 2 atom stereocenters. The molecule has 2 aliphatic rings. The Kier molecular flexibility index (Phi) is 14.5. The fourth-order valence-electron chi connectivity index (χ4n) is 12.1.